The Morgan fingerprint density at radius 3 is 0.690 bits per heavy atom. The molecule has 0 nitrogen and oxygen atoms in total. The maximum absolute atomic E-state index is 1.75. The van der Waals surface area contributed by atoms with E-state index in [1.165, 1.54) is 0 Å². The summed E-state index contributed by atoms with van der Waals surface area (Å²) in [5, 5.41) is 0. The molecule has 0 unspecified atom stereocenters. The van der Waals surface area contributed by atoms with Gasteiger partial charge < -0.3 is 0 Å². The number of hydrogen-bond donors (Lipinski definition) is 0. The molecule has 164 valence electrons. The molecule has 0 spiro atoms. The van der Waals surface area contributed by atoms with Crippen LogP contribution in [0.3, 0.4) is 0 Å². The van der Waals surface area contributed by atoms with E-state index in [-0.39, 0.29) is 0 Å². The van der Waals surface area contributed by atoms with E-state index in [0.717, 1.165) is 40.9 Å². The number of rotatable bonds is 4. The van der Waals surface area contributed by atoms with Crippen LogP contribution in [0.4, 0.5) is 0 Å². The summed E-state index contributed by atoms with van der Waals surface area (Å²) in [6.45, 7) is 0. The van der Waals surface area contributed by atoms with Crippen molar-refractivity contribution in [2.45, 2.75) is 146 Å². The maximum atomic E-state index is 1.75. The van der Waals surface area contributed by atoms with Gasteiger partial charge in [-0.1, -0.05) is 0 Å². The van der Waals surface area contributed by atoms with Crippen LogP contribution >= 0.6 is 0 Å². The van der Waals surface area contributed by atoms with E-state index < -0.39 is 12.8 Å². The molecule has 0 aromatic carbocycles. The second kappa shape index (κ2) is 5.53. The second-order valence-electron chi connectivity index (χ2n) is 13.6. The van der Waals surface area contributed by atoms with Gasteiger partial charge in [-0.05, 0) is 0 Å². The summed E-state index contributed by atoms with van der Waals surface area (Å²) in [5.74, 6) is 4.66. The summed E-state index contributed by atoms with van der Waals surface area (Å²) in [4.78, 5) is 0. The van der Waals surface area contributed by atoms with Crippen LogP contribution in [-0.2, 0) is 12.8 Å². The molecule has 0 amide bonds. The molecule has 0 aliphatic heterocycles. The normalized spacial score (nSPS) is 62.3. The van der Waals surface area contributed by atoms with E-state index in [4.69, 9.17) is 0 Å². The Morgan fingerprint density at radius 2 is 0.552 bits per heavy atom. The quantitative estimate of drug-likeness (QED) is 0.385. The zero-order valence-electron chi connectivity index (χ0n) is 18.8. The van der Waals surface area contributed by atoms with Crippen LogP contribution in [0.5, 0.6) is 0 Å². The molecule has 0 aromatic rings. The van der Waals surface area contributed by atoms with Crippen molar-refractivity contribution in [2.75, 3.05) is 0 Å². The van der Waals surface area contributed by atoms with Gasteiger partial charge in [-0.15, -0.1) is 0 Å². The number of fused-ring (bicyclic) bond motifs is 8. The predicted octanol–water partition coefficient (Wildman–Crippen LogP) is 9.15. The molecule has 0 heterocycles. The summed E-state index contributed by atoms with van der Waals surface area (Å²) in [6, 6.07) is 0. The van der Waals surface area contributed by atoms with Crippen LogP contribution in [-0.4, -0.2) is 0 Å². The molecule has 8 rings (SSSR count). The molecule has 8 saturated carbocycles. The molecular formula is C28H44Fe. The van der Waals surface area contributed by atoms with Gasteiger partial charge in [-0.3, -0.25) is 0 Å². The van der Waals surface area contributed by atoms with Gasteiger partial charge >= 0.3 is 182 Å². The molecule has 8 bridgehead atoms. The molecular weight excluding hydrogens is 392 g/mol. The van der Waals surface area contributed by atoms with Gasteiger partial charge in [0, 0.05) is 0 Å². The number of hydrogen-bond acceptors (Lipinski definition) is 0. The third kappa shape index (κ3) is 1.84. The third-order valence-electron chi connectivity index (χ3n) is 12.8. The predicted molar refractivity (Wildman–Crippen MR) is 117 cm³/mol. The molecule has 8 aliphatic rings. The van der Waals surface area contributed by atoms with Gasteiger partial charge in [0.25, 0.3) is 0 Å². The van der Waals surface area contributed by atoms with Crippen molar-refractivity contribution in [3.05, 3.63) is 0 Å². The van der Waals surface area contributed by atoms with Gasteiger partial charge in [-0.25, -0.2) is 0 Å². The third-order valence-corrected chi connectivity index (χ3v) is 22.9. The van der Waals surface area contributed by atoms with E-state index in [9.17, 15) is 0 Å². The van der Waals surface area contributed by atoms with Crippen LogP contribution in [0.25, 0.3) is 0 Å². The van der Waals surface area contributed by atoms with Gasteiger partial charge in [0.2, 0.25) is 0 Å². The van der Waals surface area contributed by atoms with E-state index in [1.807, 2.05) is 0 Å². The Kier molecular flexibility index (Phi) is 3.43. The molecule has 0 radical (unpaired) electrons. The first-order chi connectivity index (χ1) is 14.1. The summed E-state index contributed by atoms with van der Waals surface area (Å²) in [5.41, 5.74) is 0. The van der Waals surface area contributed by atoms with Gasteiger partial charge in [-0.2, -0.15) is 0 Å². The first-order valence-corrected chi connectivity index (χ1v) is 16.1. The van der Waals surface area contributed by atoms with Crippen LogP contribution < -0.4 is 0 Å². The molecule has 0 N–H and O–H groups in total. The van der Waals surface area contributed by atoms with E-state index in [0.29, 0.717) is 0 Å². The zero-order valence-corrected chi connectivity index (χ0v) is 19.9. The molecule has 1 heteroatoms. The van der Waals surface area contributed by atoms with Crippen LogP contribution in [0.15, 0.2) is 0 Å². The summed E-state index contributed by atoms with van der Waals surface area (Å²) >= 11 is -1.27. The standard InChI is InChI=1S/4C7H11.Fe/c4*1-2-7-4-3-6(1)5-7;/h4*6H,1-5H2;. The van der Waals surface area contributed by atoms with Gasteiger partial charge in [0.1, 0.15) is 0 Å². The second-order valence-corrected chi connectivity index (χ2v) is 20.0. The first kappa shape index (κ1) is 18.0. The fraction of sp³-hybridized carbons (Fsp3) is 1.00. The Bertz CT molecular complexity index is 577. The topological polar surface area (TPSA) is 0 Å². The SMILES string of the molecule is C1C[C]2([Fe]([C]34CCC(CC3)C4)([C]34CCC(CC3)C4)[C]34CCC(CC3)C4)CCC1C2. The fourth-order valence-electron chi connectivity index (χ4n) is 12.3. The van der Waals surface area contributed by atoms with Crippen molar-refractivity contribution in [3.63, 3.8) is 0 Å². The molecule has 0 aromatic heterocycles. The zero-order chi connectivity index (χ0) is 19.0. The Hall–Kier alpha value is 0.519. The van der Waals surface area contributed by atoms with Crippen LogP contribution in [0.2, 0.25) is 17.3 Å². The minimum absolute atomic E-state index is 0.912. The summed E-state index contributed by atoms with van der Waals surface area (Å²) in [7, 11) is 0. The Morgan fingerprint density at radius 1 is 0.345 bits per heavy atom. The summed E-state index contributed by atoms with van der Waals surface area (Å²) < 4.78 is 3.65. The molecule has 0 saturated heterocycles. The van der Waals surface area contributed by atoms with Gasteiger partial charge in [0.05, 0.1) is 0 Å². The summed E-state index contributed by atoms with van der Waals surface area (Å²) in [6.07, 6.45) is 34.0. The minimum atomic E-state index is -1.27. The Balaban J connectivity index is 1.44. The van der Waals surface area contributed by atoms with E-state index in [2.05, 4.69) is 0 Å². The van der Waals surface area contributed by atoms with E-state index in [1.54, 1.807) is 128 Å². The van der Waals surface area contributed by atoms with Gasteiger partial charge in [0.15, 0.2) is 0 Å². The van der Waals surface area contributed by atoms with Crippen LogP contribution in [0, 0.1) is 23.7 Å². The van der Waals surface area contributed by atoms with Crippen molar-refractivity contribution in [3.8, 4) is 0 Å². The first-order valence-electron chi connectivity index (χ1n) is 13.8. The van der Waals surface area contributed by atoms with Crippen molar-refractivity contribution < 1.29 is 12.8 Å². The van der Waals surface area contributed by atoms with Crippen molar-refractivity contribution in [1.82, 2.24) is 0 Å². The Labute approximate surface area is 182 Å². The van der Waals surface area contributed by atoms with Crippen molar-refractivity contribution in [1.29, 1.82) is 0 Å². The molecule has 8 aliphatic carbocycles. The molecule has 8 fully saturated rings. The molecule has 0 atom stereocenters. The van der Waals surface area contributed by atoms with Crippen LogP contribution in [0.1, 0.15) is 128 Å². The van der Waals surface area contributed by atoms with E-state index >= 15 is 0 Å². The van der Waals surface area contributed by atoms with Crippen molar-refractivity contribution in [2.24, 2.45) is 23.7 Å². The average Bonchev–Trinajstić information content (AvgIpc) is 3.59. The monoisotopic (exact) mass is 436 g/mol. The fourth-order valence-corrected chi connectivity index (χ4v) is 27.0. The van der Waals surface area contributed by atoms with Crippen molar-refractivity contribution >= 4 is 0 Å². The average molecular weight is 437 g/mol. The molecule has 29 heavy (non-hydrogen) atoms.